The van der Waals surface area contributed by atoms with Gasteiger partial charge in [0.1, 0.15) is 37.3 Å². The molecule has 2 aromatic carbocycles. The highest BCUT2D eigenvalue weighted by Gasteiger charge is 2.46. The van der Waals surface area contributed by atoms with Gasteiger partial charge in [0.15, 0.2) is 23.0 Å². The van der Waals surface area contributed by atoms with Gasteiger partial charge in [-0.3, -0.25) is 67.2 Å². The van der Waals surface area contributed by atoms with Crippen LogP contribution in [0.2, 0.25) is 0 Å². The fraction of sp³-hybridized carbons (Fsp3) is 0.560. The third-order valence-corrected chi connectivity index (χ3v) is 19.4. The first-order chi connectivity index (χ1) is 51.9. The van der Waals surface area contributed by atoms with Gasteiger partial charge in [0, 0.05) is 93.6 Å². The number of halogens is 1. The minimum Gasteiger partial charge on any atom is -0.458 e. The Balaban J connectivity index is 0.658. The Morgan fingerprint density at radius 1 is 0.713 bits per heavy atom. The van der Waals surface area contributed by atoms with E-state index in [0.29, 0.717) is 104 Å². The molecule has 32 nitrogen and oxygen atoms in total. The predicted molar refractivity (Wildman–Crippen MR) is 384 cm³/mol. The van der Waals surface area contributed by atoms with Crippen molar-refractivity contribution in [1.82, 2.24) is 46.4 Å². The molecule has 4 aromatic rings. The summed E-state index contributed by atoms with van der Waals surface area (Å²) in [4.78, 5) is 185. The summed E-state index contributed by atoms with van der Waals surface area (Å²) in [6, 6.07) is 9.47. The van der Waals surface area contributed by atoms with Crippen LogP contribution in [0.3, 0.4) is 0 Å². The minimum absolute atomic E-state index is 0.00374. The van der Waals surface area contributed by atoms with E-state index in [-0.39, 0.29) is 196 Å². The molecule has 5 atom stereocenters. The third kappa shape index (κ3) is 23.8. The summed E-state index contributed by atoms with van der Waals surface area (Å²) >= 11 is 0. The molecule has 4 aliphatic rings. The van der Waals surface area contributed by atoms with Crippen LogP contribution in [0.25, 0.3) is 22.3 Å². The number of likely N-dealkylation sites (tertiary alicyclic amines) is 1. The number of unbranched alkanes of at least 4 members (excludes halogenated alkanes) is 2. The molecule has 0 saturated carbocycles. The summed E-state index contributed by atoms with van der Waals surface area (Å²) < 4.78 is 49.6. The number of rotatable bonds is 51. The number of nitrogens with two attached hydrogens (primary N) is 2. The number of primary amides is 1. The maximum atomic E-state index is 15.5. The highest BCUT2D eigenvalue weighted by Crippen LogP contribution is 2.46. The van der Waals surface area contributed by atoms with E-state index in [1.54, 1.807) is 32.0 Å². The van der Waals surface area contributed by atoms with Crippen LogP contribution in [0.4, 0.5) is 4.39 Å². The highest BCUT2D eigenvalue weighted by atomic mass is 19.1. The van der Waals surface area contributed by atoms with Gasteiger partial charge < -0.3 is 81.5 Å². The van der Waals surface area contributed by atoms with Crippen molar-refractivity contribution >= 4 is 87.1 Å². The monoisotopic (exact) mass is 1510 g/mol. The van der Waals surface area contributed by atoms with Crippen LogP contribution in [-0.4, -0.2) is 213 Å². The first-order valence-electron chi connectivity index (χ1n) is 36.6. The molecular formula is C75H98FN11O21. The van der Waals surface area contributed by atoms with E-state index >= 15 is 4.39 Å². The summed E-state index contributed by atoms with van der Waals surface area (Å²) in [6.07, 6.45) is 2.10. The third-order valence-electron chi connectivity index (χ3n) is 19.4. The Labute approximate surface area is 623 Å². The average molecular weight is 1510 g/mol. The maximum Gasteiger partial charge on any atom is 0.343 e. The molecule has 1 saturated heterocycles. The summed E-state index contributed by atoms with van der Waals surface area (Å²) in [6.45, 7) is 3.34. The van der Waals surface area contributed by atoms with Crippen LogP contribution in [-0.2, 0) is 122 Å². The molecule has 108 heavy (non-hydrogen) atoms. The number of carbonyl (C=O) groups excluding carboxylic acids is 13. The number of nitrogens with one attached hydrogen (secondary N) is 6. The number of Topliss-reactive ketones (excluding diaryl/α,β-unsaturated/α-hetero) is 5. The van der Waals surface area contributed by atoms with E-state index in [9.17, 15) is 72.2 Å². The second-order valence-electron chi connectivity index (χ2n) is 27.0. The number of cyclic esters (lactones) is 1. The largest absolute Gasteiger partial charge is 0.458 e. The van der Waals surface area contributed by atoms with Gasteiger partial charge >= 0.3 is 5.97 Å². The van der Waals surface area contributed by atoms with Crippen molar-refractivity contribution in [2.24, 2.45) is 17.4 Å². The number of carbonyl (C=O) groups is 13. The van der Waals surface area contributed by atoms with E-state index in [4.69, 9.17) is 44.9 Å². The van der Waals surface area contributed by atoms with Crippen molar-refractivity contribution in [2.75, 3.05) is 105 Å². The molecule has 5 heterocycles. The molecule has 0 bridgehead atoms. The summed E-state index contributed by atoms with van der Waals surface area (Å²) in [7, 11) is 0. The van der Waals surface area contributed by atoms with Crippen LogP contribution >= 0.6 is 0 Å². The highest BCUT2D eigenvalue weighted by molar-refractivity contribution is 6.05. The van der Waals surface area contributed by atoms with Crippen LogP contribution < -0.4 is 48.9 Å². The van der Waals surface area contributed by atoms with E-state index in [1.807, 2.05) is 18.2 Å². The number of aliphatic hydroxyl groups is 1. The van der Waals surface area contributed by atoms with Crippen LogP contribution in [0.15, 0.2) is 47.3 Å². The van der Waals surface area contributed by atoms with Gasteiger partial charge in [0.25, 0.3) is 5.56 Å². The van der Waals surface area contributed by atoms with Crippen molar-refractivity contribution < 1.29 is 100 Å². The summed E-state index contributed by atoms with van der Waals surface area (Å²) in [5.41, 5.74) is 12.7. The Kier molecular flexibility index (Phi) is 32.7. The van der Waals surface area contributed by atoms with Gasteiger partial charge in [0.05, 0.1) is 132 Å². The maximum absolute atomic E-state index is 15.5. The second kappa shape index (κ2) is 41.9. The zero-order valence-corrected chi connectivity index (χ0v) is 61.1. The fourth-order valence-corrected chi connectivity index (χ4v) is 13.2. The number of hydrogen-bond acceptors (Lipinski definition) is 25. The average Bonchev–Trinajstić information content (AvgIpc) is 1.54. The second-order valence-corrected chi connectivity index (χ2v) is 27.0. The van der Waals surface area contributed by atoms with Crippen LogP contribution in [0, 0.1) is 18.7 Å². The molecular weight excluding hydrogens is 1410 g/mol. The van der Waals surface area contributed by atoms with Gasteiger partial charge in [-0.25, -0.2) is 14.2 Å². The number of esters is 1. The SMILES string of the molecule is CC[C@@]1(O)C(=O)OCc2c1cc1n(c2=O)Cc2c-1nc1cc(F)c(C)c3c1c2C(NC(=O)COCNC(=O)CCC(=O)[C@H](Cc1ccccc1)NCC(=O)CNC(=O)CCCCCN1C(=O)CC(NC[C@H](CC(=O)CCOCCOCCOCCOCCCC(=O)CNC(=O)CCC(=O)CN)C(N)=O)C1=O)CC3. The molecule has 1 fully saturated rings. The number of aromatic nitrogens is 2. The zero-order valence-electron chi connectivity index (χ0n) is 61.1. The Bertz CT molecular complexity index is 4020. The molecule has 1 aliphatic carbocycles. The topological polar surface area (TPSA) is 460 Å². The molecule has 586 valence electrons. The van der Waals surface area contributed by atoms with Crippen molar-refractivity contribution in [1.29, 1.82) is 0 Å². The first-order valence-corrected chi connectivity index (χ1v) is 36.6. The number of nitrogens with zero attached hydrogens (tertiary/aromatic N) is 3. The lowest BCUT2D eigenvalue weighted by Crippen LogP contribution is -2.44. The van der Waals surface area contributed by atoms with Crippen molar-refractivity contribution in [3.05, 3.63) is 97.6 Å². The number of benzene rings is 2. The number of pyridine rings is 2. The van der Waals surface area contributed by atoms with Crippen LogP contribution in [0.1, 0.15) is 148 Å². The van der Waals surface area contributed by atoms with Gasteiger partial charge in [-0.1, -0.05) is 43.7 Å². The van der Waals surface area contributed by atoms with E-state index in [2.05, 4.69) is 31.9 Å². The molecule has 33 heteroatoms. The number of fused-ring (bicyclic) bond motifs is 5. The Morgan fingerprint density at radius 3 is 2.09 bits per heavy atom. The quantitative estimate of drug-likeness (QED) is 0.0111. The Morgan fingerprint density at radius 2 is 1.39 bits per heavy atom. The molecule has 0 radical (unpaired) electrons. The normalized spacial score (nSPS) is 16.8. The standard InChI is InChI=1S/C75H98FN11O21/c1-3-75(102)55-33-61-70-53(41-87(61)72(99)54(55)42-108-74(75)101)69-57(17-16-52-45(2)56(76)34-59(85-70)68(52)69)84-66(96)43-107-44-83-65(95)20-18-62(92)58(31-46-11-6-4-7-12-46)80-39-51(91)40-82-63(93)14-8-5-9-22-86-67(97)35-60(73(86)100)79-37-47(71(78)98)32-48(88)21-24-104-26-28-106-30-29-105-27-25-103-23-10-13-50(90)38-81-64(94)19-15-49(89)36-77/h4,6-7,11-12,33-34,47,57-58,60,79-80,102H,3,5,8-10,13-32,35-44,77H2,1-2H3,(H2,78,98)(H,81,94)(H,82,93)(H,83,95)(H,84,96)/t47-,57?,58-,60?,75-/m0/s1. The van der Waals surface area contributed by atoms with Gasteiger partial charge in [-0.05, 0) is 80.2 Å². The first kappa shape index (κ1) is 84.3. The molecule has 8 rings (SSSR count). The lowest BCUT2D eigenvalue weighted by Gasteiger charge is -2.31. The zero-order chi connectivity index (χ0) is 77.9. The number of aryl methyl sites for hydroxylation is 1. The molecule has 2 unspecified atom stereocenters. The van der Waals surface area contributed by atoms with E-state index < -0.39 is 94.8 Å². The summed E-state index contributed by atoms with van der Waals surface area (Å²) in [5, 5.41) is 28.6. The van der Waals surface area contributed by atoms with Gasteiger partial charge in [-0.15, -0.1) is 0 Å². The number of ether oxygens (including phenoxy) is 6. The summed E-state index contributed by atoms with van der Waals surface area (Å²) in [5.74, 6) is -7.28. The van der Waals surface area contributed by atoms with Gasteiger partial charge in [0.2, 0.25) is 41.4 Å². The number of amides is 7. The van der Waals surface area contributed by atoms with Crippen molar-refractivity contribution in [3.63, 3.8) is 0 Å². The molecule has 3 aliphatic heterocycles. The fourth-order valence-electron chi connectivity index (χ4n) is 13.2. The molecule has 7 amide bonds. The Hall–Kier alpha value is -9.32. The smallest absolute Gasteiger partial charge is 0.343 e. The lowest BCUT2D eigenvalue weighted by molar-refractivity contribution is -0.172. The van der Waals surface area contributed by atoms with E-state index in [0.717, 1.165) is 16.0 Å². The molecule has 0 spiro atoms. The lowest BCUT2D eigenvalue weighted by atomic mass is 9.81. The van der Waals surface area contributed by atoms with Crippen molar-refractivity contribution in [3.8, 4) is 11.4 Å². The number of hydrogen-bond donors (Lipinski definition) is 9. The molecule has 11 N–H and O–H groups in total. The minimum atomic E-state index is -2.06. The molecule has 2 aromatic heterocycles. The van der Waals surface area contributed by atoms with Crippen LogP contribution in [0.5, 0.6) is 0 Å². The number of ketones is 5. The predicted octanol–water partition coefficient (Wildman–Crippen LogP) is 0.525. The van der Waals surface area contributed by atoms with Crippen molar-refractivity contribution in [2.45, 2.75) is 160 Å². The number of imide groups is 1. The van der Waals surface area contributed by atoms with Gasteiger partial charge in [-0.2, -0.15) is 0 Å². The van der Waals surface area contributed by atoms with E-state index in [1.165, 1.54) is 10.6 Å².